The Kier molecular flexibility index (Phi) is 5.90. The summed E-state index contributed by atoms with van der Waals surface area (Å²) < 4.78 is 28.3. The lowest BCUT2D eigenvalue weighted by Crippen LogP contribution is -2.51. The van der Waals surface area contributed by atoms with Crippen molar-refractivity contribution in [2.45, 2.75) is 57.8 Å². The number of hydrogen-bond acceptors (Lipinski definition) is 4. The zero-order valence-electron chi connectivity index (χ0n) is 17.8. The predicted octanol–water partition coefficient (Wildman–Crippen LogP) is 2.49. The number of benzene rings is 1. The summed E-state index contributed by atoms with van der Waals surface area (Å²) in [6.07, 6.45) is 1.56. The van der Waals surface area contributed by atoms with E-state index in [9.17, 15) is 13.2 Å². The first kappa shape index (κ1) is 21.3. The lowest BCUT2D eigenvalue weighted by atomic mass is 9.85. The highest BCUT2D eigenvalue weighted by Crippen LogP contribution is 2.31. The van der Waals surface area contributed by atoms with Gasteiger partial charge in [-0.25, -0.2) is 8.42 Å². The van der Waals surface area contributed by atoms with Gasteiger partial charge in [-0.3, -0.25) is 9.69 Å². The van der Waals surface area contributed by atoms with Crippen LogP contribution in [0, 0.1) is 13.8 Å². The molecule has 2 saturated heterocycles. The van der Waals surface area contributed by atoms with Crippen molar-refractivity contribution in [2.75, 3.05) is 39.4 Å². The molecule has 3 rings (SSSR count). The Morgan fingerprint density at radius 3 is 2.00 bits per heavy atom. The maximum Gasteiger partial charge on any atom is 0.243 e. The topological polar surface area (TPSA) is 60.9 Å². The summed E-state index contributed by atoms with van der Waals surface area (Å²) in [5.41, 5.74) is 2.77. The SMILES string of the molecule is Cc1cc(C(C)(C)C)cc(C)c1S(=O)(=O)N1CCN(CN2CCCC2=O)CC1. The maximum atomic E-state index is 13.3. The van der Waals surface area contributed by atoms with E-state index in [0.717, 1.165) is 29.7 Å². The van der Waals surface area contributed by atoms with Crippen LogP contribution in [0.2, 0.25) is 0 Å². The summed E-state index contributed by atoms with van der Waals surface area (Å²) in [6, 6.07) is 4.02. The molecule has 28 heavy (non-hydrogen) atoms. The minimum atomic E-state index is -3.52. The summed E-state index contributed by atoms with van der Waals surface area (Å²) >= 11 is 0. The lowest BCUT2D eigenvalue weighted by molar-refractivity contribution is -0.129. The van der Waals surface area contributed by atoms with Crippen LogP contribution in [0.3, 0.4) is 0 Å². The Bertz CT molecular complexity index is 827. The van der Waals surface area contributed by atoms with Gasteiger partial charge in [0.05, 0.1) is 11.6 Å². The Morgan fingerprint density at radius 1 is 0.964 bits per heavy atom. The van der Waals surface area contributed by atoms with Gasteiger partial charge in [-0.05, 0) is 42.4 Å². The van der Waals surface area contributed by atoms with Crippen molar-refractivity contribution in [3.63, 3.8) is 0 Å². The number of piperazine rings is 1. The molecule has 0 spiro atoms. The molecule has 0 atom stereocenters. The first-order valence-electron chi connectivity index (χ1n) is 10.1. The molecule has 0 aliphatic carbocycles. The van der Waals surface area contributed by atoms with E-state index in [4.69, 9.17) is 0 Å². The van der Waals surface area contributed by atoms with Crippen LogP contribution in [0.1, 0.15) is 50.3 Å². The molecule has 0 bridgehead atoms. The van der Waals surface area contributed by atoms with E-state index >= 15 is 0 Å². The number of sulfonamides is 1. The fourth-order valence-corrected chi connectivity index (χ4v) is 5.96. The highest BCUT2D eigenvalue weighted by atomic mass is 32.2. The molecule has 1 aromatic carbocycles. The maximum absolute atomic E-state index is 13.3. The molecule has 0 radical (unpaired) electrons. The Hall–Kier alpha value is -1.44. The summed E-state index contributed by atoms with van der Waals surface area (Å²) in [5, 5.41) is 0. The van der Waals surface area contributed by atoms with Crippen LogP contribution in [0.5, 0.6) is 0 Å². The van der Waals surface area contributed by atoms with Gasteiger partial charge in [0.15, 0.2) is 0 Å². The number of amides is 1. The van der Waals surface area contributed by atoms with Crippen molar-refractivity contribution < 1.29 is 13.2 Å². The molecule has 7 heteroatoms. The summed E-state index contributed by atoms with van der Waals surface area (Å²) in [7, 11) is -3.52. The summed E-state index contributed by atoms with van der Waals surface area (Å²) in [5.74, 6) is 0.209. The minimum absolute atomic E-state index is 0.0174. The monoisotopic (exact) mass is 407 g/mol. The molecule has 0 unspecified atom stereocenters. The number of nitrogens with zero attached hydrogens (tertiary/aromatic N) is 3. The number of aryl methyl sites for hydroxylation is 2. The first-order valence-corrected chi connectivity index (χ1v) is 11.6. The zero-order chi connectivity index (χ0) is 20.7. The second kappa shape index (κ2) is 7.76. The fourth-order valence-electron chi connectivity index (χ4n) is 4.13. The second-order valence-electron chi connectivity index (χ2n) is 9.11. The van der Waals surface area contributed by atoms with E-state index in [1.54, 1.807) is 4.31 Å². The molecule has 2 fully saturated rings. The van der Waals surface area contributed by atoms with E-state index < -0.39 is 10.0 Å². The van der Waals surface area contributed by atoms with Gasteiger partial charge in [-0.15, -0.1) is 0 Å². The molecule has 0 aromatic heterocycles. The van der Waals surface area contributed by atoms with Gasteiger partial charge in [-0.2, -0.15) is 4.31 Å². The van der Waals surface area contributed by atoms with Crippen LogP contribution >= 0.6 is 0 Å². The van der Waals surface area contributed by atoms with Crippen LogP contribution in [0.15, 0.2) is 17.0 Å². The van der Waals surface area contributed by atoms with Gasteiger partial charge >= 0.3 is 0 Å². The van der Waals surface area contributed by atoms with Crippen molar-refractivity contribution >= 4 is 15.9 Å². The summed E-state index contributed by atoms with van der Waals surface area (Å²) in [6.45, 7) is 13.9. The van der Waals surface area contributed by atoms with Gasteiger partial charge in [-0.1, -0.05) is 32.9 Å². The lowest BCUT2D eigenvalue weighted by Gasteiger charge is -2.36. The molecular weight excluding hydrogens is 374 g/mol. The molecular formula is C21H33N3O3S. The quantitative estimate of drug-likeness (QED) is 0.769. The van der Waals surface area contributed by atoms with Gasteiger partial charge in [0.2, 0.25) is 15.9 Å². The van der Waals surface area contributed by atoms with Crippen LogP contribution in [-0.4, -0.2) is 67.8 Å². The van der Waals surface area contributed by atoms with Crippen molar-refractivity contribution in [3.05, 3.63) is 28.8 Å². The van der Waals surface area contributed by atoms with Crippen LogP contribution < -0.4 is 0 Å². The zero-order valence-corrected chi connectivity index (χ0v) is 18.6. The largest absolute Gasteiger partial charge is 0.330 e. The first-order chi connectivity index (χ1) is 13.0. The number of likely N-dealkylation sites (tertiary alicyclic amines) is 1. The average molecular weight is 408 g/mol. The number of rotatable bonds is 4. The normalized spacial score (nSPS) is 20.2. The third kappa shape index (κ3) is 4.26. The van der Waals surface area contributed by atoms with Crippen molar-refractivity contribution in [1.82, 2.24) is 14.1 Å². The van der Waals surface area contributed by atoms with Gasteiger partial charge < -0.3 is 4.90 Å². The molecule has 2 aliphatic heterocycles. The molecule has 156 valence electrons. The number of carbonyl (C=O) groups excluding carboxylic acids is 1. The van der Waals surface area contributed by atoms with E-state index in [2.05, 4.69) is 25.7 Å². The molecule has 2 heterocycles. The standard InChI is InChI=1S/C21H33N3O3S/c1-16-13-18(21(3,4)5)14-17(2)20(16)28(26,27)24-11-9-22(10-12-24)15-23-8-6-7-19(23)25/h13-14H,6-12,15H2,1-5H3. The van der Waals surface area contributed by atoms with Gasteiger partial charge in [0.25, 0.3) is 0 Å². The Morgan fingerprint density at radius 2 is 1.54 bits per heavy atom. The molecule has 1 amide bonds. The minimum Gasteiger partial charge on any atom is -0.330 e. The Labute approximate surface area is 169 Å². The fraction of sp³-hybridized carbons (Fsp3) is 0.667. The van der Waals surface area contributed by atoms with Crippen LogP contribution in [-0.2, 0) is 20.2 Å². The van der Waals surface area contributed by atoms with E-state index in [1.165, 1.54) is 0 Å². The second-order valence-corrected chi connectivity index (χ2v) is 11.0. The van der Waals surface area contributed by atoms with Crippen LogP contribution in [0.4, 0.5) is 0 Å². The van der Waals surface area contributed by atoms with E-state index in [1.807, 2.05) is 30.9 Å². The average Bonchev–Trinajstić information content (AvgIpc) is 2.98. The third-order valence-electron chi connectivity index (χ3n) is 5.80. The highest BCUT2D eigenvalue weighted by molar-refractivity contribution is 7.89. The molecule has 2 aliphatic rings. The van der Waals surface area contributed by atoms with Crippen LogP contribution in [0.25, 0.3) is 0 Å². The molecule has 0 saturated carbocycles. The third-order valence-corrected chi connectivity index (χ3v) is 8.00. The van der Waals surface area contributed by atoms with Crippen molar-refractivity contribution in [1.29, 1.82) is 0 Å². The predicted molar refractivity (Wildman–Crippen MR) is 111 cm³/mol. The molecule has 6 nitrogen and oxygen atoms in total. The van der Waals surface area contributed by atoms with E-state index in [-0.39, 0.29) is 11.3 Å². The van der Waals surface area contributed by atoms with Crippen molar-refractivity contribution in [3.8, 4) is 0 Å². The van der Waals surface area contributed by atoms with Gasteiger partial charge in [0, 0.05) is 39.1 Å². The number of hydrogen-bond donors (Lipinski definition) is 0. The number of carbonyl (C=O) groups is 1. The van der Waals surface area contributed by atoms with Crippen molar-refractivity contribution in [2.24, 2.45) is 0 Å². The van der Waals surface area contributed by atoms with Gasteiger partial charge in [0.1, 0.15) is 0 Å². The Balaban J connectivity index is 1.73. The molecule has 0 N–H and O–H groups in total. The smallest absolute Gasteiger partial charge is 0.243 e. The summed E-state index contributed by atoms with van der Waals surface area (Å²) in [4.78, 5) is 16.3. The molecule has 1 aromatic rings. The van der Waals surface area contributed by atoms with E-state index in [0.29, 0.717) is 44.2 Å². The highest BCUT2D eigenvalue weighted by Gasteiger charge is 2.32.